The van der Waals surface area contributed by atoms with Crippen molar-refractivity contribution in [3.05, 3.63) is 66.5 Å². The summed E-state index contributed by atoms with van der Waals surface area (Å²) in [6, 6.07) is 11.0. The Kier molecular flexibility index (Phi) is 7.99. The summed E-state index contributed by atoms with van der Waals surface area (Å²) in [5, 5.41) is 4.23. The molecule has 204 valence electrons. The molecule has 1 amide bonds. The third-order valence-corrected chi connectivity index (χ3v) is 8.14. The number of halogens is 3. The van der Waals surface area contributed by atoms with Crippen molar-refractivity contribution in [3.63, 3.8) is 0 Å². The first-order valence-corrected chi connectivity index (χ1v) is 15.9. The molecule has 2 aromatic carbocycles. The molecule has 0 radical (unpaired) electrons. The van der Waals surface area contributed by atoms with E-state index in [1.54, 1.807) is 29.3 Å². The number of nitrogens with one attached hydrogen (secondary N) is 1. The highest BCUT2D eigenvalue weighted by Crippen LogP contribution is 2.37. The number of fused-ring (bicyclic) bond motifs is 1. The van der Waals surface area contributed by atoms with Gasteiger partial charge in [0.1, 0.15) is 23.1 Å². The Morgan fingerprint density at radius 3 is 2.67 bits per heavy atom. The summed E-state index contributed by atoms with van der Waals surface area (Å²) in [4.78, 5) is 23.6. The zero-order valence-electron chi connectivity index (χ0n) is 21.7. The van der Waals surface area contributed by atoms with Gasteiger partial charge in [-0.2, -0.15) is 0 Å². The fourth-order valence-electron chi connectivity index (χ4n) is 4.73. The zero-order valence-corrected chi connectivity index (χ0v) is 24.7. The summed E-state index contributed by atoms with van der Waals surface area (Å²) >= 11 is 2.19. The van der Waals surface area contributed by atoms with E-state index in [1.807, 2.05) is 37.0 Å². The number of likely N-dealkylation sites (tertiary alicyclic amines) is 1. The summed E-state index contributed by atoms with van der Waals surface area (Å²) < 4.78 is 36.6. The second-order valence-electron chi connectivity index (χ2n) is 10.4. The number of amides is 1. The molecule has 1 aliphatic rings. The zero-order chi connectivity index (χ0) is 27.7. The number of carbonyl (C=O) groups is 1. The van der Waals surface area contributed by atoms with Crippen LogP contribution in [0.1, 0.15) is 33.6 Å². The van der Waals surface area contributed by atoms with Gasteiger partial charge in [0, 0.05) is 72.8 Å². The van der Waals surface area contributed by atoms with Gasteiger partial charge in [0.15, 0.2) is 5.82 Å². The van der Waals surface area contributed by atoms with Gasteiger partial charge in [-0.15, -0.1) is 0 Å². The standard InChI is InChI=1S/C28H28F2IN5O2S/c1-28(2,3)38-27(37)35-13-5-6-18(15-35)33-24-11-12-32-26(34-24)20-16-36(39-31)23-10-9-17(14-19(20)23)25-21(29)7-4-8-22(25)30/h4,7-12,14,16,18H,5-6,13,15H2,1-3H3,(H,32,33,34). The molecule has 0 aliphatic carbocycles. The molecule has 5 rings (SSSR count). The molecule has 11 heteroatoms. The van der Waals surface area contributed by atoms with Crippen molar-refractivity contribution in [2.45, 2.75) is 45.3 Å². The van der Waals surface area contributed by atoms with E-state index < -0.39 is 17.2 Å². The van der Waals surface area contributed by atoms with E-state index >= 15 is 0 Å². The molecule has 0 saturated carbocycles. The maximum absolute atomic E-state index is 14.5. The number of aromatic nitrogens is 3. The average Bonchev–Trinajstić information content (AvgIpc) is 3.26. The van der Waals surface area contributed by atoms with Crippen LogP contribution in [0.25, 0.3) is 33.4 Å². The predicted molar refractivity (Wildman–Crippen MR) is 160 cm³/mol. The lowest BCUT2D eigenvalue weighted by Gasteiger charge is -2.34. The Morgan fingerprint density at radius 1 is 1.18 bits per heavy atom. The van der Waals surface area contributed by atoms with Crippen molar-refractivity contribution in [2.24, 2.45) is 0 Å². The molecule has 3 heterocycles. The summed E-state index contributed by atoms with van der Waals surface area (Å²) in [5.41, 5.74) is 1.45. The van der Waals surface area contributed by atoms with Crippen LogP contribution in [0.2, 0.25) is 0 Å². The van der Waals surface area contributed by atoms with E-state index in [9.17, 15) is 13.6 Å². The fourth-order valence-corrected chi connectivity index (χ4v) is 6.09. The van der Waals surface area contributed by atoms with Crippen molar-refractivity contribution in [1.29, 1.82) is 0 Å². The van der Waals surface area contributed by atoms with Gasteiger partial charge in [0.2, 0.25) is 0 Å². The van der Waals surface area contributed by atoms with Crippen molar-refractivity contribution in [1.82, 2.24) is 18.8 Å². The molecule has 4 aromatic rings. The summed E-state index contributed by atoms with van der Waals surface area (Å²) in [6.07, 6.45) is 5.03. The molecule has 0 spiro atoms. The highest BCUT2D eigenvalue weighted by molar-refractivity contribution is 14.2. The number of piperidine rings is 1. The predicted octanol–water partition coefficient (Wildman–Crippen LogP) is 7.70. The van der Waals surface area contributed by atoms with Crippen LogP contribution < -0.4 is 5.32 Å². The second-order valence-corrected chi connectivity index (χ2v) is 12.2. The van der Waals surface area contributed by atoms with E-state index in [0.29, 0.717) is 30.3 Å². The van der Waals surface area contributed by atoms with Crippen molar-refractivity contribution in [3.8, 4) is 22.5 Å². The Bertz CT molecular complexity index is 1500. The van der Waals surface area contributed by atoms with Gasteiger partial charge in [0.25, 0.3) is 0 Å². The molecular weight excluding hydrogens is 635 g/mol. The lowest BCUT2D eigenvalue weighted by molar-refractivity contribution is 0.0206. The van der Waals surface area contributed by atoms with Crippen LogP contribution in [0.15, 0.2) is 54.9 Å². The smallest absolute Gasteiger partial charge is 0.410 e. The molecule has 1 N–H and O–H groups in total. The number of anilines is 1. The Balaban J connectivity index is 1.44. The van der Waals surface area contributed by atoms with E-state index in [2.05, 4.69) is 31.5 Å². The SMILES string of the molecule is CC(C)(C)OC(=O)N1CCCC(Nc2ccnc(-c3cn(SI)c4ccc(-c5c(F)cccc5F)cc34)n2)C1. The van der Waals surface area contributed by atoms with Gasteiger partial charge in [-0.3, -0.25) is 3.97 Å². The molecular formula is C28H28F2IN5O2S. The maximum atomic E-state index is 14.5. The Hall–Kier alpha value is -2.93. The average molecular weight is 664 g/mol. The fraction of sp³-hybridized carbons (Fsp3) is 0.321. The monoisotopic (exact) mass is 663 g/mol. The molecule has 1 atom stereocenters. The Labute approximate surface area is 242 Å². The number of hydrogen-bond acceptors (Lipinski definition) is 6. The third-order valence-electron chi connectivity index (χ3n) is 6.42. The van der Waals surface area contributed by atoms with Gasteiger partial charge in [0.05, 0.1) is 11.1 Å². The number of carbonyl (C=O) groups excluding carboxylic acids is 1. The first-order valence-electron chi connectivity index (χ1n) is 12.6. The minimum absolute atomic E-state index is 0.0101. The Morgan fingerprint density at radius 2 is 1.95 bits per heavy atom. The molecule has 2 aromatic heterocycles. The van der Waals surface area contributed by atoms with Crippen LogP contribution in [-0.4, -0.2) is 49.7 Å². The van der Waals surface area contributed by atoms with E-state index in [0.717, 1.165) is 29.3 Å². The lowest BCUT2D eigenvalue weighted by atomic mass is 10.0. The molecule has 1 unspecified atom stereocenters. The van der Waals surface area contributed by atoms with Crippen LogP contribution in [0, 0.1) is 11.6 Å². The van der Waals surface area contributed by atoms with Crippen LogP contribution >= 0.6 is 30.3 Å². The van der Waals surface area contributed by atoms with Crippen molar-refractivity contribution < 1.29 is 18.3 Å². The molecule has 1 fully saturated rings. The topological polar surface area (TPSA) is 72.3 Å². The van der Waals surface area contributed by atoms with E-state index in [-0.39, 0.29) is 17.7 Å². The summed E-state index contributed by atoms with van der Waals surface area (Å²) in [5.74, 6) is -0.113. The molecule has 39 heavy (non-hydrogen) atoms. The largest absolute Gasteiger partial charge is 0.444 e. The van der Waals surface area contributed by atoms with Gasteiger partial charge >= 0.3 is 6.09 Å². The third kappa shape index (κ3) is 6.13. The molecule has 7 nitrogen and oxygen atoms in total. The number of nitrogens with zero attached hydrogens (tertiary/aromatic N) is 4. The molecule has 0 bridgehead atoms. The minimum atomic E-state index is -0.617. The first-order chi connectivity index (χ1) is 18.6. The van der Waals surface area contributed by atoms with Gasteiger partial charge < -0.3 is 15.0 Å². The van der Waals surface area contributed by atoms with Crippen molar-refractivity contribution in [2.75, 3.05) is 18.4 Å². The number of ether oxygens (including phenoxy) is 1. The van der Waals surface area contributed by atoms with E-state index in [1.165, 1.54) is 27.3 Å². The summed E-state index contributed by atoms with van der Waals surface area (Å²) in [6.45, 7) is 6.74. The van der Waals surface area contributed by atoms with Gasteiger partial charge in [-0.1, -0.05) is 12.1 Å². The lowest BCUT2D eigenvalue weighted by Crippen LogP contribution is -2.47. The highest BCUT2D eigenvalue weighted by Gasteiger charge is 2.28. The van der Waals surface area contributed by atoms with Crippen LogP contribution in [0.5, 0.6) is 0 Å². The first kappa shape index (κ1) is 27.6. The van der Waals surface area contributed by atoms with E-state index in [4.69, 9.17) is 9.72 Å². The minimum Gasteiger partial charge on any atom is -0.444 e. The van der Waals surface area contributed by atoms with Crippen LogP contribution in [0.4, 0.5) is 19.4 Å². The molecule has 1 saturated heterocycles. The van der Waals surface area contributed by atoms with Gasteiger partial charge in [-0.25, -0.2) is 23.5 Å². The van der Waals surface area contributed by atoms with Gasteiger partial charge in [-0.05, 0) is 69.5 Å². The number of hydrogen-bond donors (Lipinski definition) is 1. The number of benzene rings is 2. The highest BCUT2D eigenvalue weighted by atomic mass is 127. The van der Waals surface area contributed by atoms with Crippen LogP contribution in [0.3, 0.4) is 0 Å². The summed E-state index contributed by atoms with van der Waals surface area (Å²) in [7, 11) is 1.48. The maximum Gasteiger partial charge on any atom is 0.410 e. The quantitative estimate of drug-likeness (QED) is 0.221. The number of rotatable bonds is 5. The molecule has 1 aliphatic heterocycles. The van der Waals surface area contributed by atoms with Crippen LogP contribution in [-0.2, 0) is 4.74 Å². The van der Waals surface area contributed by atoms with Crippen molar-refractivity contribution >= 4 is 53.1 Å². The second kappa shape index (κ2) is 11.3. The normalized spacial score (nSPS) is 15.9.